The minimum absolute atomic E-state index is 0.0674. The summed E-state index contributed by atoms with van der Waals surface area (Å²) in [4.78, 5) is 27.6. The van der Waals surface area contributed by atoms with E-state index in [9.17, 15) is 9.59 Å². The van der Waals surface area contributed by atoms with Gasteiger partial charge in [0.05, 0.1) is 5.56 Å². The predicted molar refractivity (Wildman–Crippen MR) is 116 cm³/mol. The highest BCUT2D eigenvalue weighted by Crippen LogP contribution is 2.25. The number of likely N-dealkylation sites (tertiary alicyclic amines) is 1. The molecule has 158 valence electrons. The molecule has 8 heteroatoms. The molecule has 1 aliphatic rings. The van der Waals surface area contributed by atoms with Gasteiger partial charge >= 0.3 is 0 Å². The monoisotopic (exact) mass is 417 g/mol. The molecule has 4 heterocycles. The van der Waals surface area contributed by atoms with Gasteiger partial charge in [0.15, 0.2) is 11.4 Å². The molecule has 1 saturated heterocycles. The van der Waals surface area contributed by atoms with E-state index in [0.717, 1.165) is 44.2 Å². The van der Waals surface area contributed by atoms with Crippen molar-refractivity contribution in [3.8, 4) is 0 Å². The lowest BCUT2D eigenvalue weighted by molar-refractivity contribution is 0.0712. The predicted octanol–water partition coefficient (Wildman–Crippen LogP) is 4.13. The van der Waals surface area contributed by atoms with Crippen molar-refractivity contribution in [1.29, 1.82) is 0 Å². The zero-order valence-corrected chi connectivity index (χ0v) is 17.1. The molecule has 1 aromatic carbocycles. The molecule has 1 aliphatic heterocycles. The Balaban J connectivity index is 1.36. The van der Waals surface area contributed by atoms with Crippen molar-refractivity contribution in [2.45, 2.75) is 32.1 Å². The molecule has 0 radical (unpaired) electrons. The molecule has 0 unspecified atom stereocenters. The van der Waals surface area contributed by atoms with E-state index in [1.54, 1.807) is 47.3 Å². The third-order valence-corrected chi connectivity index (χ3v) is 5.70. The van der Waals surface area contributed by atoms with Crippen LogP contribution in [0.1, 0.15) is 53.0 Å². The molecule has 0 saturated carbocycles. The van der Waals surface area contributed by atoms with Crippen LogP contribution >= 0.6 is 0 Å². The van der Waals surface area contributed by atoms with Crippen molar-refractivity contribution in [2.24, 2.45) is 0 Å². The maximum atomic E-state index is 12.9. The number of furan rings is 1. The highest BCUT2D eigenvalue weighted by atomic mass is 16.3. The molecule has 0 aliphatic carbocycles. The third-order valence-electron chi connectivity index (χ3n) is 5.70. The first-order chi connectivity index (χ1) is 15.2. The summed E-state index contributed by atoms with van der Waals surface area (Å²) in [6.07, 6.45) is 8.96. The van der Waals surface area contributed by atoms with Crippen molar-refractivity contribution in [1.82, 2.24) is 19.5 Å². The Labute approximate surface area is 178 Å². The van der Waals surface area contributed by atoms with Crippen molar-refractivity contribution < 1.29 is 14.0 Å². The molecule has 8 nitrogen and oxygen atoms in total. The van der Waals surface area contributed by atoms with Crippen LogP contribution in [0.15, 0.2) is 53.3 Å². The fourth-order valence-electron chi connectivity index (χ4n) is 4.06. The molecule has 31 heavy (non-hydrogen) atoms. The normalized spacial score (nSPS) is 15.0. The molecule has 0 bridgehead atoms. The van der Waals surface area contributed by atoms with E-state index in [1.165, 1.54) is 6.42 Å². The number of nitrogens with zero attached hydrogens (tertiary/aromatic N) is 4. The third kappa shape index (κ3) is 3.88. The van der Waals surface area contributed by atoms with E-state index in [1.807, 2.05) is 11.0 Å². The first kappa shape index (κ1) is 19.3. The van der Waals surface area contributed by atoms with Crippen molar-refractivity contribution in [3.63, 3.8) is 0 Å². The summed E-state index contributed by atoms with van der Waals surface area (Å²) in [6.45, 7) is 1.54. The van der Waals surface area contributed by atoms with Gasteiger partial charge in [0, 0.05) is 30.4 Å². The van der Waals surface area contributed by atoms with Gasteiger partial charge in [-0.1, -0.05) is 19.3 Å². The molecule has 0 spiro atoms. The van der Waals surface area contributed by atoms with Gasteiger partial charge in [0.2, 0.25) is 0 Å². The molecule has 0 atom stereocenters. The molecule has 3 aromatic heterocycles. The number of aromatic nitrogens is 3. The topological polar surface area (TPSA) is 92.7 Å². The fraction of sp³-hybridized carbons (Fsp3) is 0.304. The van der Waals surface area contributed by atoms with Crippen LogP contribution in [0.25, 0.3) is 16.6 Å². The average molecular weight is 417 g/mol. The Morgan fingerprint density at radius 3 is 2.65 bits per heavy atom. The van der Waals surface area contributed by atoms with Crippen LogP contribution in [-0.2, 0) is 0 Å². The van der Waals surface area contributed by atoms with E-state index < -0.39 is 0 Å². The average Bonchev–Trinajstić information content (AvgIpc) is 3.39. The summed E-state index contributed by atoms with van der Waals surface area (Å²) in [5.74, 6) is -0.00664. The first-order valence-corrected chi connectivity index (χ1v) is 10.6. The molecule has 1 N–H and O–H groups in total. The van der Waals surface area contributed by atoms with Gasteiger partial charge in [-0.3, -0.25) is 14.0 Å². The largest absolute Gasteiger partial charge is 0.451 e. The van der Waals surface area contributed by atoms with Gasteiger partial charge in [-0.25, -0.2) is 0 Å². The van der Waals surface area contributed by atoms with E-state index in [4.69, 9.17) is 4.42 Å². The lowest BCUT2D eigenvalue weighted by Gasteiger charge is -2.23. The Bertz CT molecular complexity index is 1250. The molecular weight excluding hydrogens is 394 g/mol. The van der Waals surface area contributed by atoms with Crippen LogP contribution < -0.4 is 5.32 Å². The highest BCUT2D eigenvalue weighted by molar-refractivity contribution is 6.09. The van der Waals surface area contributed by atoms with Gasteiger partial charge in [0.25, 0.3) is 11.8 Å². The van der Waals surface area contributed by atoms with E-state index in [-0.39, 0.29) is 11.8 Å². The molecule has 1 fully saturated rings. The summed E-state index contributed by atoms with van der Waals surface area (Å²) >= 11 is 0. The Kier molecular flexibility index (Phi) is 5.11. The molecular formula is C23H23N5O3. The Hall–Kier alpha value is -3.68. The van der Waals surface area contributed by atoms with Crippen LogP contribution in [0.5, 0.6) is 0 Å². The molecule has 4 aromatic rings. The first-order valence-electron chi connectivity index (χ1n) is 10.6. The van der Waals surface area contributed by atoms with Crippen LogP contribution in [0, 0.1) is 0 Å². The van der Waals surface area contributed by atoms with Crippen LogP contribution in [-0.4, -0.2) is 44.4 Å². The second-order valence-electron chi connectivity index (χ2n) is 7.86. The maximum Gasteiger partial charge on any atom is 0.289 e. The Morgan fingerprint density at radius 1 is 1.00 bits per heavy atom. The number of carbonyl (C=O) groups is 2. The number of hydrogen-bond donors (Lipinski definition) is 1. The standard InChI is InChI=1S/C23H23N5O3/c29-22(18-7-6-12-28-15-24-26-21(18)28)25-17-8-9-19-16(13-17)14-20(31-19)23(30)27-10-4-2-1-3-5-11-27/h6-9,12-15H,1-5,10-11H2,(H,25,29). The summed E-state index contributed by atoms with van der Waals surface area (Å²) in [5.41, 5.74) is 2.16. The van der Waals surface area contributed by atoms with Crippen LogP contribution in [0.3, 0.4) is 0 Å². The number of hydrogen-bond acceptors (Lipinski definition) is 5. The molecule has 2 amide bonds. The van der Waals surface area contributed by atoms with Gasteiger partial charge < -0.3 is 14.6 Å². The second-order valence-corrected chi connectivity index (χ2v) is 7.86. The summed E-state index contributed by atoms with van der Waals surface area (Å²) in [7, 11) is 0. The number of rotatable bonds is 3. The fourth-order valence-corrected chi connectivity index (χ4v) is 4.06. The number of anilines is 1. The lowest BCUT2D eigenvalue weighted by atomic mass is 10.1. The van der Waals surface area contributed by atoms with Crippen LogP contribution in [0.2, 0.25) is 0 Å². The van der Waals surface area contributed by atoms with Gasteiger partial charge in [-0.15, -0.1) is 10.2 Å². The number of fused-ring (bicyclic) bond motifs is 2. The molecule has 5 rings (SSSR count). The number of pyridine rings is 1. The minimum atomic E-state index is -0.279. The van der Waals surface area contributed by atoms with E-state index in [2.05, 4.69) is 15.5 Å². The Morgan fingerprint density at radius 2 is 1.81 bits per heavy atom. The lowest BCUT2D eigenvalue weighted by Crippen LogP contribution is -2.33. The van der Waals surface area contributed by atoms with Crippen molar-refractivity contribution >= 4 is 34.1 Å². The quantitative estimate of drug-likeness (QED) is 0.541. The summed E-state index contributed by atoms with van der Waals surface area (Å²) in [6, 6.07) is 10.6. The maximum absolute atomic E-state index is 12.9. The van der Waals surface area contributed by atoms with Crippen molar-refractivity contribution in [3.05, 3.63) is 60.2 Å². The zero-order valence-electron chi connectivity index (χ0n) is 17.1. The van der Waals surface area contributed by atoms with Gasteiger partial charge in [-0.05, 0) is 49.2 Å². The highest BCUT2D eigenvalue weighted by Gasteiger charge is 2.21. The van der Waals surface area contributed by atoms with E-state index in [0.29, 0.717) is 28.2 Å². The minimum Gasteiger partial charge on any atom is -0.451 e. The number of amides is 2. The number of nitrogens with one attached hydrogen (secondary N) is 1. The van der Waals surface area contributed by atoms with E-state index >= 15 is 0 Å². The van der Waals surface area contributed by atoms with Gasteiger partial charge in [0.1, 0.15) is 11.9 Å². The van der Waals surface area contributed by atoms with Gasteiger partial charge in [-0.2, -0.15) is 0 Å². The van der Waals surface area contributed by atoms with Crippen LogP contribution in [0.4, 0.5) is 5.69 Å². The number of carbonyl (C=O) groups excluding carboxylic acids is 2. The summed E-state index contributed by atoms with van der Waals surface area (Å²) in [5, 5.41) is 11.5. The SMILES string of the molecule is O=C(Nc1ccc2oc(C(=O)N3CCCCCCC3)cc2c1)c1cccn2cnnc12. The van der Waals surface area contributed by atoms with Crippen molar-refractivity contribution in [2.75, 3.05) is 18.4 Å². The zero-order chi connectivity index (χ0) is 21.2. The smallest absolute Gasteiger partial charge is 0.289 e. The summed E-state index contributed by atoms with van der Waals surface area (Å²) < 4.78 is 7.51. The second kappa shape index (κ2) is 8.22. The number of benzene rings is 1.